The normalized spacial score (nSPS) is 14.7. The number of rotatable bonds is 2. The number of aromatic carboxylic acids is 1. The molecule has 0 saturated carbocycles. The van der Waals surface area contributed by atoms with Gasteiger partial charge < -0.3 is 10.4 Å². The van der Waals surface area contributed by atoms with E-state index in [-0.39, 0.29) is 23.4 Å². The van der Waals surface area contributed by atoms with Gasteiger partial charge in [0.15, 0.2) is 5.69 Å². The van der Waals surface area contributed by atoms with E-state index >= 15 is 0 Å². The molecule has 1 aliphatic heterocycles. The first-order valence-electron chi connectivity index (χ1n) is 6.61. The minimum absolute atomic E-state index is 0.0689. The highest BCUT2D eigenvalue weighted by atomic mass is 19.4. The maximum Gasteiger partial charge on any atom is 0.435 e. The van der Waals surface area contributed by atoms with Crippen molar-refractivity contribution in [1.29, 1.82) is 0 Å². The van der Waals surface area contributed by atoms with Gasteiger partial charge in [0.05, 0.1) is 16.9 Å². The summed E-state index contributed by atoms with van der Waals surface area (Å²) in [5, 5.41) is 15.8. The molecule has 1 aromatic heterocycles. The molecule has 1 aliphatic rings. The van der Waals surface area contributed by atoms with Crippen LogP contribution in [-0.2, 0) is 19.1 Å². The number of nitrogens with zero attached hydrogens (tertiary/aromatic N) is 2. The van der Waals surface area contributed by atoms with Gasteiger partial charge in [0.25, 0.3) is 0 Å². The summed E-state index contributed by atoms with van der Waals surface area (Å²) in [5.41, 5.74) is -0.419. The molecule has 0 atom stereocenters. The third kappa shape index (κ3) is 2.35. The lowest BCUT2D eigenvalue weighted by Crippen LogP contribution is -2.26. The van der Waals surface area contributed by atoms with E-state index in [1.165, 1.54) is 18.2 Å². The van der Waals surface area contributed by atoms with Crippen LogP contribution in [0.3, 0.4) is 0 Å². The quantitative estimate of drug-likeness (QED) is 0.892. The summed E-state index contributed by atoms with van der Waals surface area (Å²) in [6.07, 6.45) is -4.22. The Morgan fingerprint density at radius 2 is 2.05 bits per heavy atom. The maximum absolute atomic E-state index is 13.1. The zero-order chi connectivity index (χ0) is 15.9. The Morgan fingerprint density at radius 1 is 1.32 bits per heavy atom. The Morgan fingerprint density at radius 3 is 2.73 bits per heavy atom. The van der Waals surface area contributed by atoms with Gasteiger partial charge in [-0.2, -0.15) is 18.3 Å². The van der Waals surface area contributed by atoms with Gasteiger partial charge in [-0.25, -0.2) is 9.48 Å². The summed E-state index contributed by atoms with van der Waals surface area (Å²) in [6.45, 7) is 0.588. The molecule has 0 amide bonds. The summed E-state index contributed by atoms with van der Waals surface area (Å²) in [6, 6.07) is 5.90. The van der Waals surface area contributed by atoms with Gasteiger partial charge in [0, 0.05) is 25.1 Å². The highest BCUT2D eigenvalue weighted by Crippen LogP contribution is 2.35. The maximum atomic E-state index is 13.1. The van der Waals surface area contributed by atoms with E-state index in [1.807, 2.05) is 0 Å². The van der Waals surface area contributed by atoms with Crippen LogP contribution in [0.25, 0.3) is 5.69 Å². The van der Waals surface area contributed by atoms with Crippen molar-refractivity contribution in [3.63, 3.8) is 0 Å². The van der Waals surface area contributed by atoms with Crippen LogP contribution < -0.4 is 5.32 Å². The number of aromatic nitrogens is 2. The lowest BCUT2D eigenvalue weighted by atomic mass is 10.1. The fraction of sp³-hybridized carbons (Fsp3) is 0.286. The zero-order valence-corrected chi connectivity index (χ0v) is 11.3. The smallest absolute Gasteiger partial charge is 0.435 e. The number of hydrogen-bond donors (Lipinski definition) is 2. The number of nitrogens with one attached hydrogen (secondary N) is 1. The van der Waals surface area contributed by atoms with E-state index in [0.29, 0.717) is 18.7 Å². The van der Waals surface area contributed by atoms with Crippen LogP contribution >= 0.6 is 0 Å². The van der Waals surface area contributed by atoms with Gasteiger partial charge in [0.2, 0.25) is 0 Å². The van der Waals surface area contributed by atoms with E-state index in [2.05, 4.69) is 10.4 Å². The average molecular weight is 311 g/mol. The molecule has 116 valence electrons. The summed E-state index contributed by atoms with van der Waals surface area (Å²) in [7, 11) is 0. The van der Waals surface area contributed by atoms with Crippen molar-refractivity contribution in [1.82, 2.24) is 15.1 Å². The van der Waals surface area contributed by atoms with Crippen molar-refractivity contribution in [2.45, 2.75) is 19.1 Å². The number of benzene rings is 1. The van der Waals surface area contributed by atoms with Crippen molar-refractivity contribution in [3.05, 3.63) is 46.8 Å². The highest BCUT2D eigenvalue weighted by Gasteiger charge is 2.40. The van der Waals surface area contributed by atoms with E-state index < -0.39 is 17.8 Å². The molecule has 0 saturated heterocycles. The summed E-state index contributed by atoms with van der Waals surface area (Å²) < 4.78 is 40.5. The van der Waals surface area contributed by atoms with Gasteiger partial charge in [-0.3, -0.25) is 0 Å². The van der Waals surface area contributed by atoms with Crippen molar-refractivity contribution in [2.75, 3.05) is 6.54 Å². The Kier molecular flexibility index (Phi) is 3.40. The van der Waals surface area contributed by atoms with Gasteiger partial charge in [-0.05, 0) is 12.1 Å². The van der Waals surface area contributed by atoms with Crippen LogP contribution in [-0.4, -0.2) is 27.4 Å². The number of carboxylic acids is 1. The van der Waals surface area contributed by atoms with Crippen LogP contribution in [0.15, 0.2) is 24.3 Å². The van der Waals surface area contributed by atoms with Crippen molar-refractivity contribution in [2.24, 2.45) is 0 Å². The molecule has 2 aromatic rings. The topological polar surface area (TPSA) is 67.1 Å². The van der Waals surface area contributed by atoms with Crippen molar-refractivity contribution >= 4 is 5.97 Å². The van der Waals surface area contributed by atoms with Gasteiger partial charge >= 0.3 is 12.1 Å². The van der Waals surface area contributed by atoms with Crippen LogP contribution in [0.5, 0.6) is 0 Å². The molecule has 22 heavy (non-hydrogen) atoms. The molecular weight excluding hydrogens is 299 g/mol. The number of para-hydroxylation sites is 1. The Hall–Kier alpha value is -2.35. The Labute approximate surface area is 123 Å². The second-order valence-electron chi connectivity index (χ2n) is 4.93. The number of fused-ring (bicyclic) bond motifs is 1. The molecular formula is C14H12F3N3O2. The van der Waals surface area contributed by atoms with Gasteiger partial charge in [-0.15, -0.1) is 0 Å². The molecule has 0 fully saturated rings. The lowest BCUT2D eigenvalue weighted by Gasteiger charge is -2.16. The predicted octanol–water partition coefficient (Wildman–Crippen LogP) is 2.24. The Balaban J connectivity index is 2.25. The molecule has 3 rings (SSSR count). The predicted molar refractivity (Wildman–Crippen MR) is 70.9 cm³/mol. The molecule has 0 unspecified atom stereocenters. The first-order chi connectivity index (χ1) is 10.4. The number of halogens is 3. The first-order valence-corrected chi connectivity index (χ1v) is 6.61. The molecule has 0 bridgehead atoms. The zero-order valence-electron chi connectivity index (χ0n) is 11.3. The summed E-state index contributed by atoms with van der Waals surface area (Å²) in [5.74, 6) is -1.21. The van der Waals surface area contributed by atoms with Crippen LogP contribution in [0.2, 0.25) is 0 Å². The third-order valence-electron chi connectivity index (χ3n) is 3.56. The van der Waals surface area contributed by atoms with Gasteiger partial charge in [-0.1, -0.05) is 12.1 Å². The van der Waals surface area contributed by atoms with Crippen molar-refractivity contribution < 1.29 is 23.1 Å². The van der Waals surface area contributed by atoms with Gasteiger partial charge in [0.1, 0.15) is 0 Å². The molecule has 8 heteroatoms. The first kappa shape index (κ1) is 14.6. The van der Waals surface area contributed by atoms with Crippen LogP contribution in [0, 0.1) is 0 Å². The third-order valence-corrected chi connectivity index (χ3v) is 3.56. The summed E-state index contributed by atoms with van der Waals surface area (Å²) >= 11 is 0. The minimum Gasteiger partial charge on any atom is -0.478 e. The number of hydrogen-bond acceptors (Lipinski definition) is 3. The highest BCUT2D eigenvalue weighted by molar-refractivity contribution is 5.91. The van der Waals surface area contributed by atoms with E-state index in [1.54, 1.807) is 6.07 Å². The standard InChI is InChI=1S/C14H12F3N3O2/c15-14(16,17)12-9-7-18-6-5-11(9)20(19-12)10-4-2-1-3-8(10)13(21)22/h1-4,18H,5-7H2,(H,21,22). The number of carbonyl (C=O) groups is 1. The average Bonchev–Trinajstić information content (AvgIpc) is 2.86. The van der Waals surface area contributed by atoms with E-state index in [0.717, 1.165) is 4.68 Å². The van der Waals surface area contributed by atoms with Crippen molar-refractivity contribution in [3.8, 4) is 5.69 Å². The van der Waals surface area contributed by atoms with E-state index in [4.69, 9.17) is 0 Å². The number of carboxylic acid groups (broad SMARTS) is 1. The van der Waals surface area contributed by atoms with E-state index in [9.17, 15) is 23.1 Å². The fourth-order valence-electron chi connectivity index (χ4n) is 2.61. The molecule has 0 aliphatic carbocycles. The monoisotopic (exact) mass is 311 g/mol. The molecule has 0 spiro atoms. The van der Waals surface area contributed by atoms with Crippen LogP contribution in [0.4, 0.5) is 13.2 Å². The number of alkyl halides is 3. The molecule has 2 heterocycles. The fourth-order valence-corrected chi connectivity index (χ4v) is 2.61. The second-order valence-corrected chi connectivity index (χ2v) is 4.93. The lowest BCUT2D eigenvalue weighted by molar-refractivity contribution is -0.142. The molecule has 0 radical (unpaired) electrons. The molecule has 2 N–H and O–H groups in total. The molecule has 5 nitrogen and oxygen atoms in total. The SMILES string of the molecule is O=C(O)c1ccccc1-n1nc(C(F)(F)F)c2c1CCNC2. The Bertz CT molecular complexity index is 737. The summed E-state index contributed by atoms with van der Waals surface area (Å²) in [4.78, 5) is 11.3. The largest absolute Gasteiger partial charge is 0.478 e. The van der Waals surface area contributed by atoms with Crippen LogP contribution in [0.1, 0.15) is 27.3 Å². The molecule has 1 aromatic carbocycles. The second kappa shape index (κ2) is 5.13. The minimum atomic E-state index is -4.58.